The number of aliphatic carboxylic acids is 1. The summed E-state index contributed by atoms with van der Waals surface area (Å²) in [6.07, 6.45) is 2.46. The van der Waals surface area contributed by atoms with Crippen molar-refractivity contribution in [3.05, 3.63) is 0 Å². The summed E-state index contributed by atoms with van der Waals surface area (Å²) < 4.78 is 4.94. The second-order valence-corrected chi connectivity index (χ2v) is 4.71. The average Bonchev–Trinajstić information content (AvgIpc) is 2.26. The van der Waals surface area contributed by atoms with Crippen LogP contribution in [0, 0.1) is 0 Å². The van der Waals surface area contributed by atoms with Crippen LogP contribution >= 0.6 is 0 Å². The molecule has 0 atom stereocenters. The van der Waals surface area contributed by atoms with Crippen molar-refractivity contribution in [2.75, 3.05) is 26.8 Å². The monoisotopic (exact) mass is 258 g/mol. The number of hydrogen-bond acceptors (Lipinski definition) is 3. The van der Waals surface area contributed by atoms with Crippen molar-refractivity contribution in [3.63, 3.8) is 0 Å². The quantitative estimate of drug-likeness (QED) is 0.715. The lowest BCUT2D eigenvalue weighted by Gasteiger charge is -2.42. The fourth-order valence-electron chi connectivity index (χ4n) is 2.15. The summed E-state index contributed by atoms with van der Waals surface area (Å²) in [6, 6.07) is -0.199. The van der Waals surface area contributed by atoms with Gasteiger partial charge in [-0.15, -0.1) is 0 Å². The van der Waals surface area contributed by atoms with E-state index in [0.717, 1.165) is 19.3 Å². The lowest BCUT2D eigenvalue weighted by molar-refractivity contribution is -0.139. The number of hydrogen-bond donors (Lipinski definition) is 2. The zero-order chi connectivity index (χ0) is 13.6. The van der Waals surface area contributed by atoms with Crippen molar-refractivity contribution in [2.45, 2.75) is 38.1 Å². The van der Waals surface area contributed by atoms with Crippen LogP contribution in [0.5, 0.6) is 0 Å². The van der Waals surface area contributed by atoms with E-state index >= 15 is 0 Å². The van der Waals surface area contributed by atoms with E-state index in [1.54, 1.807) is 12.0 Å². The fourth-order valence-corrected chi connectivity index (χ4v) is 2.15. The van der Waals surface area contributed by atoms with Crippen molar-refractivity contribution in [1.82, 2.24) is 10.2 Å². The van der Waals surface area contributed by atoms with E-state index < -0.39 is 11.5 Å². The molecule has 0 aromatic rings. The lowest BCUT2D eigenvalue weighted by Crippen LogP contribution is -2.58. The van der Waals surface area contributed by atoms with Gasteiger partial charge in [-0.25, -0.2) is 4.79 Å². The smallest absolute Gasteiger partial charge is 0.317 e. The Hall–Kier alpha value is -1.30. The van der Waals surface area contributed by atoms with Crippen LogP contribution in [0.15, 0.2) is 0 Å². The summed E-state index contributed by atoms with van der Waals surface area (Å²) in [5, 5.41) is 11.8. The Kier molecular flexibility index (Phi) is 5.40. The molecule has 0 bridgehead atoms. The molecule has 0 aromatic heterocycles. The molecule has 0 unspecified atom stereocenters. The molecule has 18 heavy (non-hydrogen) atoms. The molecule has 1 saturated carbocycles. The maximum absolute atomic E-state index is 12.0. The number of nitrogens with zero attached hydrogens (tertiary/aromatic N) is 1. The summed E-state index contributed by atoms with van der Waals surface area (Å²) in [5.41, 5.74) is -0.538. The third-order valence-corrected chi connectivity index (χ3v) is 3.41. The first-order chi connectivity index (χ1) is 8.53. The number of nitrogens with one attached hydrogen (secondary N) is 1. The summed E-state index contributed by atoms with van der Waals surface area (Å²) in [5.74, 6) is -0.866. The number of methoxy groups -OCH3 is 1. The summed E-state index contributed by atoms with van der Waals surface area (Å²) in [7, 11) is 1.59. The van der Waals surface area contributed by atoms with E-state index in [1.807, 2.05) is 6.92 Å². The summed E-state index contributed by atoms with van der Waals surface area (Å²) >= 11 is 0. The highest BCUT2D eigenvalue weighted by atomic mass is 16.5. The third kappa shape index (κ3) is 3.87. The Morgan fingerprint density at radius 3 is 2.50 bits per heavy atom. The summed E-state index contributed by atoms with van der Waals surface area (Å²) in [4.78, 5) is 24.5. The van der Waals surface area contributed by atoms with Crippen LogP contribution in [0.25, 0.3) is 0 Å². The molecular formula is C12H22N2O4. The Morgan fingerprint density at radius 2 is 2.11 bits per heavy atom. The average molecular weight is 258 g/mol. The number of amides is 2. The molecule has 0 heterocycles. The van der Waals surface area contributed by atoms with Crippen molar-refractivity contribution < 1.29 is 19.4 Å². The van der Waals surface area contributed by atoms with Gasteiger partial charge in [-0.2, -0.15) is 0 Å². The minimum Gasteiger partial charge on any atom is -0.481 e. The van der Waals surface area contributed by atoms with Crippen LogP contribution in [0.4, 0.5) is 4.79 Å². The van der Waals surface area contributed by atoms with Gasteiger partial charge in [-0.3, -0.25) is 4.79 Å². The molecule has 1 aliphatic carbocycles. The molecule has 2 amide bonds. The molecular weight excluding hydrogens is 236 g/mol. The number of urea groups is 1. The Labute approximate surface area is 107 Å². The Morgan fingerprint density at radius 1 is 1.44 bits per heavy atom. The first-order valence-corrected chi connectivity index (χ1v) is 6.31. The normalized spacial score (nSPS) is 16.8. The molecule has 1 fully saturated rings. The van der Waals surface area contributed by atoms with Crippen molar-refractivity contribution in [2.24, 2.45) is 0 Å². The highest BCUT2D eigenvalue weighted by Gasteiger charge is 2.41. The van der Waals surface area contributed by atoms with E-state index in [2.05, 4.69) is 5.32 Å². The molecule has 1 rings (SSSR count). The van der Waals surface area contributed by atoms with Gasteiger partial charge in [-0.05, 0) is 26.2 Å². The lowest BCUT2D eigenvalue weighted by atomic mass is 9.74. The van der Waals surface area contributed by atoms with E-state index in [-0.39, 0.29) is 12.5 Å². The van der Waals surface area contributed by atoms with Crippen LogP contribution in [0.3, 0.4) is 0 Å². The SMILES string of the molecule is CCN(CCOC)C(=O)NC1(CC(=O)O)CCC1. The van der Waals surface area contributed by atoms with Crippen LogP contribution in [-0.4, -0.2) is 54.4 Å². The highest BCUT2D eigenvalue weighted by molar-refractivity contribution is 5.77. The first kappa shape index (κ1) is 14.8. The maximum Gasteiger partial charge on any atom is 0.317 e. The largest absolute Gasteiger partial charge is 0.481 e. The number of carboxylic acids is 1. The van der Waals surface area contributed by atoms with Crippen molar-refractivity contribution in [3.8, 4) is 0 Å². The number of carbonyl (C=O) groups is 2. The van der Waals surface area contributed by atoms with Gasteiger partial charge in [0.15, 0.2) is 0 Å². The molecule has 0 aliphatic heterocycles. The zero-order valence-corrected chi connectivity index (χ0v) is 11.1. The highest BCUT2D eigenvalue weighted by Crippen LogP contribution is 2.35. The van der Waals surface area contributed by atoms with E-state index in [9.17, 15) is 9.59 Å². The standard InChI is InChI=1S/C12H22N2O4/c1-3-14(7-8-18-2)11(17)13-12(5-4-6-12)9-10(15)16/h3-9H2,1-2H3,(H,13,17)(H,15,16). The number of rotatable bonds is 7. The van der Waals surface area contributed by atoms with Gasteiger partial charge < -0.3 is 20.1 Å². The van der Waals surface area contributed by atoms with E-state index in [0.29, 0.717) is 19.7 Å². The van der Waals surface area contributed by atoms with E-state index in [1.165, 1.54) is 0 Å². The molecule has 0 aromatic carbocycles. The van der Waals surface area contributed by atoms with Crippen LogP contribution in [-0.2, 0) is 9.53 Å². The van der Waals surface area contributed by atoms with Gasteiger partial charge in [0.1, 0.15) is 0 Å². The molecule has 0 saturated heterocycles. The predicted molar refractivity (Wildman–Crippen MR) is 66.5 cm³/mol. The Balaban J connectivity index is 2.52. The van der Waals surface area contributed by atoms with Gasteiger partial charge in [0, 0.05) is 20.2 Å². The molecule has 2 N–H and O–H groups in total. The number of carbonyl (C=O) groups excluding carboxylic acids is 1. The molecule has 104 valence electrons. The first-order valence-electron chi connectivity index (χ1n) is 6.31. The minimum atomic E-state index is -0.866. The van der Waals surface area contributed by atoms with Gasteiger partial charge in [-0.1, -0.05) is 0 Å². The zero-order valence-electron chi connectivity index (χ0n) is 11.1. The van der Waals surface area contributed by atoms with Gasteiger partial charge in [0.2, 0.25) is 0 Å². The summed E-state index contributed by atoms with van der Waals surface area (Å²) in [6.45, 7) is 3.47. The second-order valence-electron chi connectivity index (χ2n) is 4.71. The second kappa shape index (κ2) is 6.58. The third-order valence-electron chi connectivity index (χ3n) is 3.41. The predicted octanol–water partition coefficient (Wildman–Crippen LogP) is 1.06. The van der Waals surface area contributed by atoms with Gasteiger partial charge >= 0.3 is 12.0 Å². The van der Waals surface area contributed by atoms with Crippen molar-refractivity contribution in [1.29, 1.82) is 0 Å². The van der Waals surface area contributed by atoms with Crippen LogP contribution < -0.4 is 5.32 Å². The molecule has 6 nitrogen and oxygen atoms in total. The number of carboxylic acid groups (broad SMARTS) is 1. The minimum absolute atomic E-state index is 0.000568. The molecule has 0 spiro atoms. The van der Waals surface area contributed by atoms with Gasteiger partial charge in [0.25, 0.3) is 0 Å². The van der Waals surface area contributed by atoms with E-state index in [4.69, 9.17) is 9.84 Å². The topological polar surface area (TPSA) is 78.9 Å². The van der Waals surface area contributed by atoms with Gasteiger partial charge in [0.05, 0.1) is 18.6 Å². The number of likely N-dealkylation sites (N-methyl/N-ethyl adjacent to an activating group) is 1. The Bertz CT molecular complexity index is 302. The van der Waals surface area contributed by atoms with Crippen LogP contribution in [0.1, 0.15) is 32.6 Å². The van der Waals surface area contributed by atoms with Crippen LogP contribution in [0.2, 0.25) is 0 Å². The maximum atomic E-state index is 12.0. The number of ether oxygens (including phenoxy) is 1. The molecule has 0 radical (unpaired) electrons. The van der Waals surface area contributed by atoms with Crippen molar-refractivity contribution >= 4 is 12.0 Å². The molecule has 1 aliphatic rings. The fraction of sp³-hybridized carbons (Fsp3) is 0.833. The molecule has 6 heteroatoms.